The smallest absolute Gasteiger partial charge is 0.224 e. The number of hydrogen-bond acceptors (Lipinski definition) is 3. The molecule has 6 heteroatoms. The number of rotatable bonds is 21. The largest absolute Gasteiger partial charge is 0.326 e. The van der Waals surface area contributed by atoms with Crippen LogP contribution in [0.4, 0.5) is 17.1 Å². The minimum Gasteiger partial charge on any atom is -0.326 e. The van der Waals surface area contributed by atoms with Crippen molar-refractivity contribution in [1.82, 2.24) is 0 Å². The lowest BCUT2D eigenvalue weighted by molar-refractivity contribution is -0.117. The fourth-order valence-electron chi connectivity index (χ4n) is 7.70. The zero-order valence-corrected chi connectivity index (χ0v) is 41.3. The van der Waals surface area contributed by atoms with Gasteiger partial charge in [-0.1, -0.05) is 156 Å². The third kappa shape index (κ3) is 21.8. The van der Waals surface area contributed by atoms with Crippen LogP contribution in [0, 0.1) is 71.0 Å². The average Bonchev–Trinajstić information content (AvgIpc) is 3.25. The van der Waals surface area contributed by atoms with E-state index in [0.717, 1.165) is 89.0 Å². The van der Waals surface area contributed by atoms with Gasteiger partial charge in [0.2, 0.25) is 17.7 Å². The molecule has 6 nitrogen and oxygen atoms in total. The molecule has 66 heavy (non-hydrogen) atoms. The molecule has 3 atom stereocenters. The molecule has 0 aliphatic carbocycles. The fourth-order valence-corrected chi connectivity index (χ4v) is 7.70. The summed E-state index contributed by atoms with van der Waals surface area (Å²) in [6, 6.07) is 28.7. The van der Waals surface area contributed by atoms with Gasteiger partial charge in [-0.3, -0.25) is 14.4 Å². The van der Waals surface area contributed by atoms with Gasteiger partial charge in [0.05, 0.1) is 0 Å². The van der Waals surface area contributed by atoms with E-state index in [9.17, 15) is 14.4 Å². The molecule has 4 rings (SSSR count). The van der Waals surface area contributed by atoms with Gasteiger partial charge in [0, 0.05) is 69.7 Å². The van der Waals surface area contributed by atoms with E-state index in [1.165, 1.54) is 19.3 Å². The standard InChI is InChI=1S/C60H75N3O3/c1-43(2)13-10-16-46(7)37-58(64)61-55-31-25-49(26-32-55)19-22-52-40-53(23-20-50-27-33-56(34-28-50)62-59(65)38-47(8)17-11-14-44(3)4)42-54(41-52)24-21-51-29-35-57(36-30-51)63-60(66)39-48(9)18-12-15-45(5)6/h25-36,40-48H,10-18,37-39H2,1-9H3,(H,61,64)(H,62,65)(H,63,66)/t46-,47-,48-/m0/s1. The van der Waals surface area contributed by atoms with Crippen LogP contribution in [-0.4, -0.2) is 17.7 Å². The minimum absolute atomic E-state index is 0.0312. The Labute approximate surface area is 398 Å². The van der Waals surface area contributed by atoms with E-state index in [-0.39, 0.29) is 17.7 Å². The average molecular weight is 886 g/mol. The molecule has 0 aliphatic rings. The van der Waals surface area contributed by atoms with Crippen LogP contribution in [0.2, 0.25) is 0 Å². The molecule has 0 aliphatic heterocycles. The van der Waals surface area contributed by atoms with E-state index < -0.39 is 0 Å². The molecule has 4 aromatic carbocycles. The maximum atomic E-state index is 12.7. The summed E-state index contributed by atoms with van der Waals surface area (Å²) in [5.74, 6) is 22.9. The second-order valence-electron chi connectivity index (χ2n) is 19.8. The lowest BCUT2D eigenvalue weighted by Crippen LogP contribution is -2.15. The van der Waals surface area contributed by atoms with Crippen molar-refractivity contribution in [2.45, 2.75) is 139 Å². The second kappa shape index (κ2) is 28.1. The maximum absolute atomic E-state index is 12.7. The minimum atomic E-state index is 0.0312. The molecule has 3 N–H and O–H groups in total. The summed E-state index contributed by atoms with van der Waals surface area (Å²) in [7, 11) is 0. The summed E-state index contributed by atoms with van der Waals surface area (Å²) in [6.07, 6.45) is 11.7. The molecule has 348 valence electrons. The van der Waals surface area contributed by atoms with Gasteiger partial charge in [-0.25, -0.2) is 0 Å². The number of hydrogen-bond donors (Lipinski definition) is 3. The van der Waals surface area contributed by atoms with Gasteiger partial charge in [-0.05, 0) is 127 Å². The van der Waals surface area contributed by atoms with Gasteiger partial charge in [-0.15, -0.1) is 0 Å². The van der Waals surface area contributed by atoms with E-state index in [0.29, 0.717) is 54.8 Å². The first-order chi connectivity index (χ1) is 31.6. The third-order valence-corrected chi connectivity index (χ3v) is 11.5. The quantitative estimate of drug-likeness (QED) is 0.0729. The molecule has 0 saturated carbocycles. The van der Waals surface area contributed by atoms with Crippen LogP contribution in [-0.2, 0) is 14.4 Å². The molecule has 0 heterocycles. The zero-order chi connectivity index (χ0) is 47.8. The predicted octanol–water partition coefficient (Wildman–Crippen LogP) is 14.3. The normalized spacial score (nSPS) is 12.2. The Kier molecular flexibility index (Phi) is 22.4. The van der Waals surface area contributed by atoms with Crippen LogP contribution in [0.5, 0.6) is 0 Å². The number of carbonyl (C=O) groups is 3. The Bertz CT molecular complexity index is 2060. The van der Waals surface area contributed by atoms with Crippen molar-refractivity contribution >= 4 is 34.8 Å². The van der Waals surface area contributed by atoms with Crippen LogP contribution < -0.4 is 16.0 Å². The first-order valence-corrected chi connectivity index (χ1v) is 24.5. The van der Waals surface area contributed by atoms with Crippen molar-refractivity contribution in [2.24, 2.45) is 35.5 Å². The van der Waals surface area contributed by atoms with Gasteiger partial charge in [-0.2, -0.15) is 0 Å². The number of nitrogens with one attached hydrogen (secondary N) is 3. The van der Waals surface area contributed by atoms with Crippen LogP contribution in [0.15, 0.2) is 91.0 Å². The Morgan fingerprint density at radius 1 is 0.348 bits per heavy atom. The first kappa shape index (κ1) is 52.6. The lowest BCUT2D eigenvalue weighted by atomic mass is 9.97. The summed E-state index contributed by atoms with van der Waals surface area (Å²) >= 11 is 0. The number of amides is 3. The topological polar surface area (TPSA) is 87.3 Å². The fraction of sp³-hybridized carbons (Fsp3) is 0.450. The number of anilines is 3. The van der Waals surface area contributed by atoms with E-state index in [2.05, 4.69) is 114 Å². The van der Waals surface area contributed by atoms with Crippen molar-refractivity contribution in [3.8, 4) is 35.5 Å². The molecule has 4 aromatic rings. The Hall–Kier alpha value is -6.03. The maximum Gasteiger partial charge on any atom is 0.224 e. The SMILES string of the molecule is CC(C)CCC[C@H](C)CC(=O)Nc1ccc(C#Cc2cc(C#Cc3ccc(NC(=O)C[C@@H](C)CCCC(C)C)cc3)cc(C#Cc3ccc(NC(=O)C[C@@H](C)CCCC(C)C)cc3)c2)cc1. The van der Waals surface area contributed by atoms with E-state index in [1.54, 1.807) is 0 Å². The first-order valence-electron chi connectivity index (χ1n) is 24.5. The van der Waals surface area contributed by atoms with Crippen LogP contribution in [0.3, 0.4) is 0 Å². The van der Waals surface area contributed by atoms with E-state index >= 15 is 0 Å². The van der Waals surface area contributed by atoms with E-state index in [4.69, 9.17) is 0 Å². The van der Waals surface area contributed by atoms with Gasteiger partial charge < -0.3 is 16.0 Å². The van der Waals surface area contributed by atoms with Crippen molar-refractivity contribution in [2.75, 3.05) is 16.0 Å². The Morgan fingerprint density at radius 3 is 0.803 bits per heavy atom. The number of carbonyl (C=O) groups excluding carboxylic acids is 3. The monoisotopic (exact) mass is 886 g/mol. The second-order valence-corrected chi connectivity index (χ2v) is 19.8. The molecular weight excluding hydrogens is 811 g/mol. The highest BCUT2D eigenvalue weighted by Gasteiger charge is 2.13. The molecular formula is C60H75N3O3. The molecule has 0 aromatic heterocycles. The Balaban J connectivity index is 1.48. The van der Waals surface area contributed by atoms with Crippen LogP contribution in [0.25, 0.3) is 0 Å². The van der Waals surface area contributed by atoms with Gasteiger partial charge in [0.1, 0.15) is 0 Å². The zero-order valence-electron chi connectivity index (χ0n) is 41.3. The predicted molar refractivity (Wildman–Crippen MR) is 277 cm³/mol. The van der Waals surface area contributed by atoms with Gasteiger partial charge >= 0.3 is 0 Å². The van der Waals surface area contributed by atoms with Crippen LogP contribution in [0.1, 0.15) is 173 Å². The molecule has 3 amide bonds. The highest BCUT2D eigenvalue weighted by Crippen LogP contribution is 2.20. The third-order valence-electron chi connectivity index (χ3n) is 11.5. The van der Waals surface area contributed by atoms with Crippen LogP contribution >= 0.6 is 0 Å². The van der Waals surface area contributed by atoms with Crippen molar-refractivity contribution < 1.29 is 14.4 Å². The molecule has 0 unspecified atom stereocenters. The summed E-state index contributed by atoms with van der Waals surface area (Å²) in [6.45, 7) is 19.8. The molecule has 0 spiro atoms. The summed E-state index contributed by atoms with van der Waals surface area (Å²) in [5, 5.41) is 9.12. The summed E-state index contributed by atoms with van der Waals surface area (Å²) in [5.41, 5.74) is 7.02. The highest BCUT2D eigenvalue weighted by molar-refractivity contribution is 5.92. The Morgan fingerprint density at radius 2 is 0.576 bits per heavy atom. The number of benzene rings is 4. The molecule has 0 bridgehead atoms. The van der Waals surface area contributed by atoms with Crippen molar-refractivity contribution in [3.63, 3.8) is 0 Å². The van der Waals surface area contributed by atoms with Gasteiger partial charge in [0.15, 0.2) is 0 Å². The highest BCUT2D eigenvalue weighted by atomic mass is 16.2. The van der Waals surface area contributed by atoms with Gasteiger partial charge in [0.25, 0.3) is 0 Å². The molecule has 0 fully saturated rings. The van der Waals surface area contributed by atoms with E-state index in [1.807, 2.05) is 91.0 Å². The summed E-state index contributed by atoms with van der Waals surface area (Å²) in [4.78, 5) is 38.2. The lowest BCUT2D eigenvalue weighted by Gasteiger charge is -2.12. The van der Waals surface area contributed by atoms with Crippen molar-refractivity contribution in [3.05, 3.63) is 124 Å². The summed E-state index contributed by atoms with van der Waals surface area (Å²) < 4.78 is 0. The molecule has 0 saturated heterocycles. The molecule has 0 radical (unpaired) electrons. The van der Waals surface area contributed by atoms with Crippen molar-refractivity contribution in [1.29, 1.82) is 0 Å².